The average Bonchev–Trinajstić information content (AvgIpc) is 2.65. The van der Waals surface area contributed by atoms with Gasteiger partial charge in [0.25, 0.3) is 0 Å². The highest BCUT2D eigenvalue weighted by Crippen LogP contribution is 2.39. The van der Waals surface area contributed by atoms with E-state index < -0.39 is 9.84 Å². The van der Waals surface area contributed by atoms with Crippen molar-refractivity contribution in [3.05, 3.63) is 42.5 Å². The van der Waals surface area contributed by atoms with Crippen LogP contribution >= 0.6 is 0 Å². The van der Waals surface area contributed by atoms with Crippen LogP contribution in [-0.2, 0) is 14.6 Å². The van der Waals surface area contributed by atoms with Crippen molar-refractivity contribution in [3.63, 3.8) is 0 Å². The summed E-state index contributed by atoms with van der Waals surface area (Å²) in [6.45, 7) is 3.82. The van der Waals surface area contributed by atoms with Gasteiger partial charge in [-0.15, -0.1) is 0 Å². The quantitative estimate of drug-likeness (QED) is 0.755. The number of anilines is 2. The highest BCUT2D eigenvalue weighted by molar-refractivity contribution is 7.90. The first kappa shape index (κ1) is 20.9. The van der Waals surface area contributed by atoms with E-state index in [4.69, 9.17) is 0 Å². The summed E-state index contributed by atoms with van der Waals surface area (Å²) >= 11 is 0. The molecule has 3 rings (SSSR count). The standard InChI is InChI=1S/C21H25N3O4S/c1-14-13-23(21(26)22(3)4)20-12-17(8-11-19(20)24(14)15(2)25)16-6-9-18(10-7-16)29(5,27)28/h6-12,14H,13H2,1-5H3. The zero-order chi connectivity index (χ0) is 21.5. The van der Waals surface area contributed by atoms with E-state index in [1.807, 2.05) is 25.1 Å². The Balaban J connectivity index is 2.11. The largest absolute Gasteiger partial charge is 0.330 e. The Hall–Kier alpha value is -2.87. The summed E-state index contributed by atoms with van der Waals surface area (Å²) in [5.41, 5.74) is 2.99. The van der Waals surface area contributed by atoms with Crippen molar-refractivity contribution in [2.75, 3.05) is 36.7 Å². The first-order valence-corrected chi connectivity index (χ1v) is 11.1. The SMILES string of the molecule is CC(=O)N1c2ccc(-c3ccc(S(C)(=O)=O)cc3)cc2N(C(=O)N(C)C)CC1C. The van der Waals surface area contributed by atoms with E-state index in [1.165, 1.54) is 18.1 Å². The van der Waals surface area contributed by atoms with Crippen molar-refractivity contribution in [3.8, 4) is 11.1 Å². The number of amides is 3. The van der Waals surface area contributed by atoms with Gasteiger partial charge in [-0.05, 0) is 42.3 Å². The van der Waals surface area contributed by atoms with E-state index in [9.17, 15) is 18.0 Å². The number of benzene rings is 2. The number of hydrogen-bond donors (Lipinski definition) is 0. The molecule has 0 spiro atoms. The second kappa shape index (κ2) is 7.51. The summed E-state index contributed by atoms with van der Waals surface area (Å²) in [5, 5.41) is 0. The average molecular weight is 416 g/mol. The highest BCUT2D eigenvalue weighted by Gasteiger charge is 2.34. The molecule has 0 N–H and O–H groups in total. The normalized spacial score (nSPS) is 16.4. The van der Waals surface area contributed by atoms with Gasteiger partial charge in [0.15, 0.2) is 9.84 Å². The summed E-state index contributed by atoms with van der Waals surface area (Å²) in [7, 11) is 0.113. The summed E-state index contributed by atoms with van der Waals surface area (Å²) < 4.78 is 23.4. The van der Waals surface area contributed by atoms with Crippen molar-refractivity contribution in [1.29, 1.82) is 0 Å². The first-order valence-electron chi connectivity index (χ1n) is 9.24. The van der Waals surface area contributed by atoms with E-state index in [0.29, 0.717) is 17.9 Å². The molecule has 0 bridgehead atoms. The van der Waals surface area contributed by atoms with Gasteiger partial charge in [-0.25, -0.2) is 13.2 Å². The minimum Gasteiger partial charge on any atom is -0.330 e. The maximum Gasteiger partial charge on any atom is 0.324 e. The Morgan fingerprint density at radius 2 is 1.59 bits per heavy atom. The van der Waals surface area contributed by atoms with Crippen LogP contribution in [0.15, 0.2) is 47.4 Å². The zero-order valence-electron chi connectivity index (χ0n) is 17.2. The third-order valence-electron chi connectivity index (χ3n) is 4.98. The van der Waals surface area contributed by atoms with Gasteiger partial charge in [-0.1, -0.05) is 18.2 Å². The van der Waals surface area contributed by atoms with Crippen LogP contribution in [-0.4, -0.2) is 58.2 Å². The molecule has 8 heteroatoms. The van der Waals surface area contributed by atoms with Crippen LogP contribution in [0.3, 0.4) is 0 Å². The Kier molecular flexibility index (Phi) is 5.40. The number of carbonyl (C=O) groups is 2. The van der Waals surface area contributed by atoms with Crippen LogP contribution in [0, 0.1) is 0 Å². The predicted molar refractivity (Wildman–Crippen MR) is 114 cm³/mol. The molecule has 2 aromatic carbocycles. The molecule has 0 fully saturated rings. The van der Waals surface area contributed by atoms with Crippen molar-refractivity contribution in [2.24, 2.45) is 0 Å². The number of carbonyl (C=O) groups excluding carboxylic acids is 2. The number of urea groups is 1. The summed E-state index contributed by atoms with van der Waals surface area (Å²) in [6, 6.07) is 11.9. The second-order valence-corrected chi connectivity index (χ2v) is 9.54. The lowest BCUT2D eigenvalue weighted by Crippen LogP contribution is -2.53. The second-order valence-electron chi connectivity index (χ2n) is 7.53. The summed E-state index contributed by atoms with van der Waals surface area (Å²) in [4.78, 5) is 30.1. The third kappa shape index (κ3) is 3.98. The predicted octanol–water partition coefficient (Wildman–Crippen LogP) is 3.00. The fourth-order valence-corrected chi connectivity index (χ4v) is 4.23. The topological polar surface area (TPSA) is 78.0 Å². The van der Waals surface area contributed by atoms with Crippen molar-refractivity contribution >= 4 is 33.2 Å². The lowest BCUT2D eigenvalue weighted by molar-refractivity contribution is -0.117. The van der Waals surface area contributed by atoms with Gasteiger partial charge < -0.3 is 9.80 Å². The van der Waals surface area contributed by atoms with Crippen LogP contribution < -0.4 is 9.80 Å². The molecular formula is C21H25N3O4S. The molecule has 1 aliphatic rings. The Morgan fingerprint density at radius 3 is 2.10 bits per heavy atom. The molecule has 0 aromatic heterocycles. The lowest BCUT2D eigenvalue weighted by Gasteiger charge is -2.41. The van der Waals surface area contributed by atoms with E-state index in [0.717, 1.165) is 11.1 Å². The van der Waals surface area contributed by atoms with E-state index in [1.54, 1.807) is 48.2 Å². The first-order chi connectivity index (χ1) is 13.5. The van der Waals surface area contributed by atoms with Gasteiger partial charge in [-0.3, -0.25) is 9.69 Å². The molecule has 0 saturated carbocycles. The number of sulfone groups is 1. The fourth-order valence-electron chi connectivity index (χ4n) is 3.60. The molecule has 1 aliphatic heterocycles. The molecule has 2 aromatic rings. The maximum absolute atomic E-state index is 12.8. The van der Waals surface area contributed by atoms with Crippen LogP contribution in [0.2, 0.25) is 0 Å². The van der Waals surface area contributed by atoms with Gasteiger partial charge in [0, 0.05) is 33.8 Å². The Morgan fingerprint density at radius 1 is 1.00 bits per heavy atom. The van der Waals surface area contributed by atoms with Crippen molar-refractivity contribution in [2.45, 2.75) is 24.8 Å². The van der Waals surface area contributed by atoms with Crippen LogP contribution in [0.5, 0.6) is 0 Å². The molecule has 0 radical (unpaired) electrons. The molecule has 154 valence electrons. The maximum atomic E-state index is 12.8. The number of nitrogens with zero attached hydrogens (tertiary/aromatic N) is 3. The van der Waals surface area contributed by atoms with Crippen LogP contribution in [0.1, 0.15) is 13.8 Å². The van der Waals surface area contributed by atoms with Crippen molar-refractivity contribution < 1.29 is 18.0 Å². The van der Waals surface area contributed by atoms with Gasteiger partial charge >= 0.3 is 6.03 Å². The molecule has 0 saturated heterocycles. The van der Waals surface area contributed by atoms with E-state index in [-0.39, 0.29) is 22.9 Å². The molecule has 1 unspecified atom stereocenters. The zero-order valence-corrected chi connectivity index (χ0v) is 18.0. The molecule has 3 amide bonds. The van der Waals surface area contributed by atoms with Crippen LogP contribution in [0.25, 0.3) is 11.1 Å². The Labute approximate surface area is 171 Å². The summed E-state index contributed by atoms with van der Waals surface area (Å²) in [6.07, 6.45) is 1.17. The van der Waals surface area contributed by atoms with Crippen LogP contribution in [0.4, 0.5) is 16.2 Å². The highest BCUT2D eigenvalue weighted by atomic mass is 32.2. The lowest BCUT2D eigenvalue weighted by atomic mass is 10.0. The molecule has 29 heavy (non-hydrogen) atoms. The van der Waals surface area contributed by atoms with Gasteiger partial charge in [0.1, 0.15) is 0 Å². The third-order valence-corrected chi connectivity index (χ3v) is 6.11. The number of hydrogen-bond acceptors (Lipinski definition) is 4. The van der Waals surface area contributed by atoms with Gasteiger partial charge in [0.05, 0.1) is 22.3 Å². The Bertz CT molecular complexity index is 1060. The number of fused-ring (bicyclic) bond motifs is 1. The molecule has 7 nitrogen and oxygen atoms in total. The minimum atomic E-state index is -3.27. The van der Waals surface area contributed by atoms with Gasteiger partial charge in [-0.2, -0.15) is 0 Å². The minimum absolute atomic E-state index is 0.0824. The molecule has 1 atom stereocenters. The monoisotopic (exact) mass is 415 g/mol. The molecule has 1 heterocycles. The van der Waals surface area contributed by atoms with Gasteiger partial charge in [0.2, 0.25) is 5.91 Å². The fraction of sp³-hybridized carbons (Fsp3) is 0.333. The number of rotatable bonds is 2. The molecular weight excluding hydrogens is 390 g/mol. The molecule has 0 aliphatic carbocycles. The smallest absolute Gasteiger partial charge is 0.324 e. The summed E-state index contributed by atoms with van der Waals surface area (Å²) in [5.74, 6) is -0.0824. The van der Waals surface area contributed by atoms with E-state index >= 15 is 0 Å². The van der Waals surface area contributed by atoms with Crippen molar-refractivity contribution in [1.82, 2.24) is 4.90 Å². The van der Waals surface area contributed by atoms with E-state index in [2.05, 4.69) is 0 Å².